The van der Waals surface area contributed by atoms with Crippen molar-refractivity contribution in [2.45, 2.75) is 63.3 Å². The molecule has 4 aromatic heterocycles. The second kappa shape index (κ2) is 10.0. The van der Waals surface area contributed by atoms with Gasteiger partial charge in [-0.15, -0.1) is 0 Å². The van der Waals surface area contributed by atoms with E-state index in [1.54, 1.807) is 22.4 Å². The highest BCUT2D eigenvalue weighted by molar-refractivity contribution is 5.85. The van der Waals surface area contributed by atoms with Crippen LogP contribution in [0.4, 0.5) is 4.39 Å². The van der Waals surface area contributed by atoms with Gasteiger partial charge >= 0.3 is 0 Å². The average Bonchev–Trinajstić information content (AvgIpc) is 3.93. The number of likely N-dealkylation sites (tertiary alicyclic amines) is 1. The van der Waals surface area contributed by atoms with Gasteiger partial charge in [0.1, 0.15) is 23.5 Å². The monoisotopic (exact) mass is 563 g/mol. The maximum absolute atomic E-state index is 14.5. The third-order valence-corrected chi connectivity index (χ3v) is 9.06. The molecule has 8 rings (SSSR count). The molecule has 3 aliphatic rings. The first kappa shape index (κ1) is 25.6. The summed E-state index contributed by atoms with van der Waals surface area (Å²) >= 11 is 0. The minimum Gasteiger partial charge on any atom is -0.353 e. The third kappa shape index (κ3) is 4.65. The van der Waals surface area contributed by atoms with Gasteiger partial charge in [-0.3, -0.25) is 14.3 Å². The van der Waals surface area contributed by atoms with Crippen LogP contribution in [0.25, 0.3) is 39.2 Å². The van der Waals surface area contributed by atoms with E-state index in [4.69, 9.17) is 4.98 Å². The third-order valence-electron chi connectivity index (χ3n) is 9.06. The van der Waals surface area contributed by atoms with Gasteiger partial charge < -0.3 is 4.98 Å². The number of nitrogens with one attached hydrogen (secondary N) is 1. The van der Waals surface area contributed by atoms with Gasteiger partial charge in [0.05, 0.1) is 0 Å². The van der Waals surface area contributed by atoms with E-state index < -0.39 is 0 Å². The zero-order valence-corrected chi connectivity index (χ0v) is 23.8. The van der Waals surface area contributed by atoms with Crippen LogP contribution in [0.5, 0.6) is 0 Å². The average molecular weight is 564 g/mol. The van der Waals surface area contributed by atoms with Gasteiger partial charge in [0.25, 0.3) is 5.56 Å². The molecular weight excluding hydrogens is 529 g/mol. The van der Waals surface area contributed by atoms with Gasteiger partial charge in [0.2, 0.25) is 0 Å². The molecule has 0 unspecified atom stereocenters. The van der Waals surface area contributed by atoms with Crippen LogP contribution < -0.4 is 5.56 Å². The van der Waals surface area contributed by atoms with Crippen LogP contribution in [-0.2, 0) is 13.6 Å². The largest absolute Gasteiger partial charge is 0.353 e. The zero-order chi connectivity index (χ0) is 28.4. The van der Waals surface area contributed by atoms with E-state index in [9.17, 15) is 9.18 Å². The Bertz CT molecular complexity index is 1870. The number of aromatic nitrogens is 6. The molecule has 214 valence electrons. The van der Waals surface area contributed by atoms with Crippen molar-refractivity contribution in [1.82, 2.24) is 34.2 Å². The number of benzene rings is 1. The van der Waals surface area contributed by atoms with Crippen LogP contribution in [0.3, 0.4) is 0 Å². The predicted molar refractivity (Wildman–Crippen MR) is 160 cm³/mol. The second-order valence-corrected chi connectivity index (χ2v) is 12.3. The van der Waals surface area contributed by atoms with Crippen LogP contribution in [0, 0.1) is 5.82 Å². The molecule has 2 aliphatic carbocycles. The topological polar surface area (TPSA) is 84.6 Å². The first-order chi connectivity index (χ1) is 20.5. The van der Waals surface area contributed by atoms with Crippen molar-refractivity contribution in [3.8, 4) is 28.3 Å². The van der Waals surface area contributed by atoms with E-state index in [0.29, 0.717) is 34.6 Å². The summed E-state index contributed by atoms with van der Waals surface area (Å²) in [4.78, 5) is 29.6. The van der Waals surface area contributed by atoms with E-state index in [1.807, 2.05) is 12.3 Å². The number of aryl methyl sites for hydroxylation is 1. The number of H-pyrrole nitrogens is 1. The molecule has 8 nitrogen and oxygen atoms in total. The molecule has 9 heteroatoms. The lowest BCUT2D eigenvalue weighted by Crippen LogP contribution is -2.29. The number of halogens is 1. The highest BCUT2D eigenvalue weighted by Crippen LogP contribution is 2.44. The number of nitrogens with zero attached hydrogens (tertiary/aromatic N) is 6. The summed E-state index contributed by atoms with van der Waals surface area (Å²) in [6.45, 7) is 3.05. The molecule has 1 saturated heterocycles. The van der Waals surface area contributed by atoms with Gasteiger partial charge in [0.15, 0.2) is 5.82 Å². The van der Waals surface area contributed by atoms with E-state index in [0.717, 1.165) is 73.2 Å². The highest BCUT2D eigenvalue weighted by atomic mass is 19.1. The van der Waals surface area contributed by atoms with Crippen molar-refractivity contribution in [1.29, 1.82) is 0 Å². The Morgan fingerprint density at radius 3 is 2.52 bits per heavy atom. The molecule has 0 amide bonds. The zero-order valence-electron chi connectivity index (χ0n) is 23.8. The van der Waals surface area contributed by atoms with Gasteiger partial charge in [-0.2, -0.15) is 5.10 Å². The Balaban J connectivity index is 1.28. The molecule has 1 aromatic carbocycles. The van der Waals surface area contributed by atoms with Crippen molar-refractivity contribution < 1.29 is 4.39 Å². The van der Waals surface area contributed by atoms with Crippen LogP contribution >= 0.6 is 0 Å². The van der Waals surface area contributed by atoms with E-state index >= 15 is 0 Å². The number of piperidine rings is 1. The fraction of sp³-hybridized carbons (Fsp3) is 0.394. The fourth-order valence-electron chi connectivity index (χ4n) is 6.53. The van der Waals surface area contributed by atoms with Crippen LogP contribution in [0.15, 0.2) is 53.7 Å². The number of fused-ring (bicyclic) bond motifs is 1. The number of rotatable bonds is 7. The Labute approximate surface area is 243 Å². The molecule has 0 spiro atoms. The SMILES string of the molecule is Cn1ncnc1-c1cc(F)ccc1-c1cc(C2CC2)nc(-n2cc(C3CC3)c3cc(CN4CCCCC4)[nH]c3c2=O)c1. The molecule has 2 saturated carbocycles. The minimum atomic E-state index is -0.337. The second-order valence-electron chi connectivity index (χ2n) is 12.3. The van der Waals surface area contributed by atoms with Crippen molar-refractivity contribution >= 4 is 10.9 Å². The normalized spacial score (nSPS) is 17.8. The van der Waals surface area contributed by atoms with Gasteiger partial charge in [0, 0.05) is 48.0 Å². The Morgan fingerprint density at radius 2 is 1.79 bits per heavy atom. The first-order valence-corrected chi connectivity index (χ1v) is 15.2. The maximum Gasteiger partial charge on any atom is 0.280 e. The number of hydrogen-bond donors (Lipinski definition) is 1. The molecule has 0 bridgehead atoms. The number of hydrogen-bond acceptors (Lipinski definition) is 5. The van der Waals surface area contributed by atoms with Crippen LogP contribution in [-0.4, -0.2) is 47.3 Å². The summed E-state index contributed by atoms with van der Waals surface area (Å²) in [5.74, 6) is 1.67. The molecule has 0 atom stereocenters. The summed E-state index contributed by atoms with van der Waals surface area (Å²) in [6, 6.07) is 11.0. The molecule has 5 heterocycles. The quantitative estimate of drug-likeness (QED) is 0.260. The Morgan fingerprint density at radius 1 is 0.976 bits per heavy atom. The molecule has 3 fully saturated rings. The molecular formula is C33H34FN7O. The van der Waals surface area contributed by atoms with E-state index in [-0.39, 0.29) is 11.4 Å². The smallest absolute Gasteiger partial charge is 0.280 e. The lowest BCUT2D eigenvalue weighted by atomic mass is 9.98. The summed E-state index contributed by atoms with van der Waals surface area (Å²) in [5, 5.41) is 5.26. The van der Waals surface area contributed by atoms with Crippen LogP contribution in [0.1, 0.15) is 73.7 Å². The Kier molecular flexibility index (Phi) is 6.10. The molecule has 5 aromatic rings. The number of aromatic amines is 1. The fourth-order valence-corrected chi connectivity index (χ4v) is 6.53. The summed E-state index contributed by atoms with van der Waals surface area (Å²) in [5.41, 5.74) is 6.23. The molecule has 1 N–H and O–H groups in total. The maximum atomic E-state index is 14.5. The minimum absolute atomic E-state index is 0.0849. The van der Waals surface area contributed by atoms with Crippen molar-refractivity contribution in [3.63, 3.8) is 0 Å². The van der Waals surface area contributed by atoms with E-state index in [1.165, 1.54) is 43.3 Å². The standard InChI is InChI=1S/C33H34FN7O/c1-39-32(35-19-36-39)27-15-23(34)9-10-25(27)22-13-29(21-7-8-21)38-30(14-22)41-18-28(20-5-6-20)26-16-24(37-31(26)33(41)42)17-40-11-3-2-4-12-40/h9-10,13-16,18-21,37H,2-8,11-12,17H2,1H3. The van der Waals surface area contributed by atoms with E-state index in [2.05, 4.69) is 32.1 Å². The van der Waals surface area contributed by atoms with Crippen LogP contribution in [0.2, 0.25) is 0 Å². The summed E-state index contributed by atoms with van der Waals surface area (Å²) in [7, 11) is 1.80. The molecule has 1 aliphatic heterocycles. The lowest BCUT2D eigenvalue weighted by molar-refractivity contribution is 0.219. The predicted octanol–water partition coefficient (Wildman–Crippen LogP) is 6.06. The summed E-state index contributed by atoms with van der Waals surface area (Å²) in [6.07, 6.45) is 11.7. The van der Waals surface area contributed by atoms with Crippen molar-refractivity contribution in [2.75, 3.05) is 13.1 Å². The van der Waals surface area contributed by atoms with Gasteiger partial charge in [-0.25, -0.2) is 19.0 Å². The highest BCUT2D eigenvalue weighted by Gasteiger charge is 2.30. The van der Waals surface area contributed by atoms with Gasteiger partial charge in [-0.1, -0.05) is 12.5 Å². The van der Waals surface area contributed by atoms with Crippen molar-refractivity contribution in [2.24, 2.45) is 7.05 Å². The first-order valence-electron chi connectivity index (χ1n) is 15.2. The molecule has 42 heavy (non-hydrogen) atoms. The number of pyridine rings is 2. The Hall–Kier alpha value is -4.11. The molecule has 0 radical (unpaired) electrons. The van der Waals surface area contributed by atoms with Crippen molar-refractivity contribution in [3.05, 3.63) is 82.0 Å². The summed E-state index contributed by atoms with van der Waals surface area (Å²) < 4.78 is 17.9. The van der Waals surface area contributed by atoms with Gasteiger partial charge in [-0.05, 0) is 105 Å². The lowest BCUT2D eigenvalue weighted by Gasteiger charge is -2.25.